The van der Waals surface area contributed by atoms with Crippen molar-refractivity contribution in [1.29, 1.82) is 0 Å². The summed E-state index contributed by atoms with van der Waals surface area (Å²) in [6, 6.07) is 5.83. The van der Waals surface area contributed by atoms with Crippen LogP contribution >= 0.6 is 0 Å². The van der Waals surface area contributed by atoms with Crippen molar-refractivity contribution in [2.45, 2.75) is 19.3 Å². The molecular weight excluding hydrogens is 216 g/mol. The Hall–Kier alpha value is -1.55. The maximum absolute atomic E-state index is 11.8. The van der Waals surface area contributed by atoms with Crippen molar-refractivity contribution in [3.8, 4) is 5.75 Å². The number of fused-ring (bicyclic) bond motifs is 1. The van der Waals surface area contributed by atoms with E-state index in [-0.39, 0.29) is 5.91 Å². The molecule has 0 saturated heterocycles. The monoisotopic (exact) mass is 234 g/mol. The highest BCUT2D eigenvalue weighted by Crippen LogP contribution is 2.33. The maximum Gasteiger partial charge on any atom is 0.226 e. The zero-order valence-electron chi connectivity index (χ0n) is 10.1. The van der Waals surface area contributed by atoms with Gasteiger partial charge in [-0.15, -0.1) is 0 Å². The lowest BCUT2D eigenvalue weighted by Gasteiger charge is -2.19. The maximum atomic E-state index is 11.8. The van der Waals surface area contributed by atoms with E-state index in [0.717, 1.165) is 29.8 Å². The lowest BCUT2D eigenvalue weighted by molar-refractivity contribution is -0.118. The van der Waals surface area contributed by atoms with Crippen molar-refractivity contribution in [3.63, 3.8) is 0 Å². The molecule has 1 heterocycles. The number of amides is 1. The zero-order chi connectivity index (χ0) is 12.3. The minimum Gasteiger partial charge on any atom is -0.492 e. The first kappa shape index (κ1) is 11.9. The normalized spacial score (nSPS) is 15.4. The van der Waals surface area contributed by atoms with E-state index in [9.17, 15) is 4.79 Å². The molecule has 1 aliphatic rings. The molecule has 92 valence electrons. The molecule has 1 aromatic rings. The van der Waals surface area contributed by atoms with Crippen molar-refractivity contribution in [2.75, 3.05) is 25.1 Å². The van der Waals surface area contributed by atoms with Gasteiger partial charge in [0.25, 0.3) is 0 Å². The van der Waals surface area contributed by atoms with Gasteiger partial charge in [0.15, 0.2) is 0 Å². The molecule has 2 rings (SSSR count). The molecule has 0 aliphatic carbocycles. The predicted octanol–water partition coefficient (Wildman–Crippen LogP) is 1.32. The van der Waals surface area contributed by atoms with E-state index in [1.807, 2.05) is 25.2 Å². The second-order valence-electron chi connectivity index (χ2n) is 4.20. The average molecular weight is 234 g/mol. The molecule has 0 spiro atoms. The number of benzene rings is 1. The summed E-state index contributed by atoms with van der Waals surface area (Å²) in [6.07, 6.45) is 2.35. The second kappa shape index (κ2) is 5.19. The molecule has 17 heavy (non-hydrogen) atoms. The number of carbonyl (C=O) groups is 1. The van der Waals surface area contributed by atoms with E-state index in [4.69, 9.17) is 10.5 Å². The quantitative estimate of drug-likeness (QED) is 0.858. The highest BCUT2D eigenvalue weighted by molar-refractivity contribution is 5.94. The molecule has 4 heteroatoms. The van der Waals surface area contributed by atoms with Gasteiger partial charge in [-0.25, -0.2) is 0 Å². The Balaban J connectivity index is 2.35. The molecule has 0 atom stereocenters. The van der Waals surface area contributed by atoms with Gasteiger partial charge in [0.1, 0.15) is 12.4 Å². The number of anilines is 1. The minimum atomic E-state index is 0.166. The molecule has 0 unspecified atom stereocenters. The van der Waals surface area contributed by atoms with Crippen molar-refractivity contribution in [3.05, 3.63) is 23.8 Å². The summed E-state index contributed by atoms with van der Waals surface area (Å²) in [4.78, 5) is 13.5. The van der Waals surface area contributed by atoms with Crippen LogP contribution in [0.15, 0.2) is 18.2 Å². The summed E-state index contributed by atoms with van der Waals surface area (Å²) in [5.74, 6) is 1.02. The lowest BCUT2D eigenvalue weighted by atomic mass is 10.1. The minimum absolute atomic E-state index is 0.166. The SMILES string of the molecule is CN1C(=O)CCCc2c(OCCN)cccc21. The Morgan fingerprint density at radius 2 is 2.24 bits per heavy atom. The van der Waals surface area contributed by atoms with Gasteiger partial charge in [-0.1, -0.05) is 6.07 Å². The fourth-order valence-corrected chi connectivity index (χ4v) is 2.14. The van der Waals surface area contributed by atoms with Crippen LogP contribution in [0.2, 0.25) is 0 Å². The average Bonchev–Trinajstić information content (AvgIpc) is 2.49. The van der Waals surface area contributed by atoms with Crippen molar-refractivity contribution >= 4 is 11.6 Å². The number of nitrogens with two attached hydrogens (primary N) is 1. The highest BCUT2D eigenvalue weighted by atomic mass is 16.5. The van der Waals surface area contributed by atoms with Crippen LogP contribution in [0.3, 0.4) is 0 Å². The molecule has 1 amide bonds. The van der Waals surface area contributed by atoms with Crippen LogP contribution in [0.5, 0.6) is 5.75 Å². The molecule has 1 aromatic carbocycles. The Bertz CT molecular complexity index is 418. The zero-order valence-corrected chi connectivity index (χ0v) is 10.1. The third-order valence-corrected chi connectivity index (χ3v) is 3.04. The predicted molar refractivity (Wildman–Crippen MR) is 67.3 cm³/mol. The summed E-state index contributed by atoms with van der Waals surface area (Å²) in [7, 11) is 1.82. The van der Waals surface area contributed by atoms with E-state index in [1.165, 1.54) is 0 Å². The summed E-state index contributed by atoms with van der Waals surface area (Å²) in [5, 5.41) is 0. The standard InChI is InChI=1S/C13H18N2O2/c1-15-11-5-3-6-12(17-9-8-14)10(11)4-2-7-13(15)16/h3,5-6H,2,4,7-9,14H2,1H3. The fraction of sp³-hybridized carbons (Fsp3) is 0.462. The molecule has 4 nitrogen and oxygen atoms in total. The molecule has 1 aliphatic heterocycles. The Morgan fingerprint density at radius 1 is 1.41 bits per heavy atom. The molecule has 2 N–H and O–H groups in total. The van der Waals surface area contributed by atoms with Crippen LogP contribution < -0.4 is 15.4 Å². The van der Waals surface area contributed by atoms with E-state index < -0.39 is 0 Å². The number of hydrogen-bond donors (Lipinski definition) is 1. The first-order valence-corrected chi connectivity index (χ1v) is 5.95. The summed E-state index contributed by atoms with van der Waals surface area (Å²) in [5.41, 5.74) is 7.52. The molecular formula is C13H18N2O2. The van der Waals surface area contributed by atoms with Gasteiger partial charge in [0, 0.05) is 25.6 Å². The number of rotatable bonds is 3. The van der Waals surface area contributed by atoms with Crippen LogP contribution in [-0.2, 0) is 11.2 Å². The molecule has 0 aromatic heterocycles. The van der Waals surface area contributed by atoms with Crippen LogP contribution in [0.4, 0.5) is 5.69 Å². The number of ether oxygens (including phenoxy) is 1. The lowest BCUT2D eigenvalue weighted by Crippen LogP contribution is -2.25. The fourth-order valence-electron chi connectivity index (χ4n) is 2.14. The van der Waals surface area contributed by atoms with Gasteiger partial charge in [0.2, 0.25) is 5.91 Å². The van der Waals surface area contributed by atoms with Crippen molar-refractivity contribution in [1.82, 2.24) is 0 Å². The first-order chi connectivity index (χ1) is 8.24. The molecule has 0 saturated carbocycles. The number of hydrogen-bond acceptors (Lipinski definition) is 3. The third kappa shape index (κ3) is 2.42. The van der Waals surface area contributed by atoms with Gasteiger partial charge >= 0.3 is 0 Å². The van der Waals surface area contributed by atoms with Crippen LogP contribution in [0.1, 0.15) is 18.4 Å². The van der Waals surface area contributed by atoms with Gasteiger partial charge in [-0.2, -0.15) is 0 Å². The largest absolute Gasteiger partial charge is 0.492 e. The van der Waals surface area contributed by atoms with E-state index >= 15 is 0 Å². The second-order valence-corrected chi connectivity index (χ2v) is 4.20. The van der Waals surface area contributed by atoms with E-state index in [2.05, 4.69) is 0 Å². The van der Waals surface area contributed by atoms with Crippen LogP contribution in [0, 0.1) is 0 Å². The number of carbonyl (C=O) groups excluding carboxylic acids is 1. The molecule has 0 bridgehead atoms. The van der Waals surface area contributed by atoms with Gasteiger partial charge in [-0.05, 0) is 25.0 Å². The van der Waals surface area contributed by atoms with Gasteiger partial charge in [-0.3, -0.25) is 4.79 Å². The molecule has 0 fully saturated rings. The van der Waals surface area contributed by atoms with E-state index in [1.54, 1.807) is 4.90 Å². The van der Waals surface area contributed by atoms with Gasteiger partial charge in [0.05, 0.1) is 5.69 Å². The first-order valence-electron chi connectivity index (χ1n) is 5.95. The van der Waals surface area contributed by atoms with Crippen molar-refractivity contribution < 1.29 is 9.53 Å². The Kier molecular flexibility index (Phi) is 3.64. The number of nitrogens with zero attached hydrogens (tertiary/aromatic N) is 1. The van der Waals surface area contributed by atoms with Crippen LogP contribution in [-0.4, -0.2) is 26.1 Å². The Labute approximate surface area is 101 Å². The third-order valence-electron chi connectivity index (χ3n) is 3.04. The highest BCUT2D eigenvalue weighted by Gasteiger charge is 2.21. The van der Waals surface area contributed by atoms with E-state index in [0.29, 0.717) is 19.6 Å². The van der Waals surface area contributed by atoms with Crippen molar-refractivity contribution in [2.24, 2.45) is 5.73 Å². The summed E-state index contributed by atoms with van der Waals surface area (Å²) >= 11 is 0. The van der Waals surface area contributed by atoms with Crippen LogP contribution in [0.25, 0.3) is 0 Å². The van der Waals surface area contributed by atoms with Gasteiger partial charge < -0.3 is 15.4 Å². The summed E-state index contributed by atoms with van der Waals surface area (Å²) < 4.78 is 5.63. The summed E-state index contributed by atoms with van der Waals surface area (Å²) in [6.45, 7) is 1.01. The molecule has 0 radical (unpaired) electrons. The topological polar surface area (TPSA) is 55.6 Å². The smallest absolute Gasteiger partial charge is 0.226 e. The Morgan fingerprint density at radius 3 is 3.00 bits per heavy atom.